The summed E-state index contributed by atoms with van der Waals surface area (Å²) in [7, 11) is 1.45. The largest absolute Gasteiger partial charge is 0.508 e. The van der Waals surface area contributed by atoms with Crippen LogP contribution >= 0.6 is 0 Å². The fraction of sp³-hybridized carbons (Fsp3) is 0.235. The Morgan fingerprint density at radius 2 is 1.91 bits per heavy atom. The van der Waals surface area contributed by atoms with E-state index in [2.05, 4.69) is 0 Å². The standard InChI is InChI=1S/C17H16O5/c1-21-14-7-13(19)8-15-16(14)17(20)11(9-22-15)6-10-2-4-12(18)5-3-10/h2-5,7-8,11,18-19H,6,9H2,1H3/t11-/m1/s1. The molecule has 0 aliphatic carbocycles. The lowest BCUT2D eigenvalue weighted by Gasteiger charge is -2.25. The highest BCUT2D eigenvalue weighted by Crippen LogP contribution is 2.38. The molecule has 0 saturated carbocycles. The number of aromatic hydroxyl groups is 2. The van der Waals surface area contributed by atoms with Crippen LogP contribution in [-0.4, -0.2) is 29.7 Å². The number of hydrogen-bond acceptors (Lipinski definition) is 5. The zero-order valence-electron chi connectivity index (χ0n) is 12.1. The Hall–Kier alpha value is -2.69. The number of benzene rings is 2. The third-order valence-electron chi connectivity index (χ3n) is 3.75. The predicted molar refractivity (Wildman–Crippen MR) is 79.8 cm³/mol. The second kappa shape index (κ2) is 5.60. The third kappa shape index (κ3) is 2.57. The van der Waals surface area contributed by atoms with Gasteiger partial charge in [-0.1, -0.05) is 12.1 Å². The summed E-state index contributed by atoms with van der Waals surface area (Å²) in [6, 6.07) is 9.58. The number of Topliss-reactive ketones (excluding diaryl/α,β-unsaturated/α-hetero) is 1. The number of carbonyl (C=O) groups is 1. The van der Waals surface area contributed by atoms with Gasteiger partial charge in [-0.25, -0.2) is 0 Å². The van der Waals surface area contributed by atoms with Crippen molar-refractivity contribution in [3.8, 4) is 23.0 Å². The van der Waals surface area contributed by atoms with Crippen LogP contribution in [0.25, 0.3) is 0 Å². The number of hydrogen-bond donors (Lipinski definition) is 2. The van der Waals surface area contributed by atoms with Gasteiger partial charge in [-0.05, 0) is 24.1 Å². The van der Waals surface area contributed by atoms with E-state index >= 15 is 0 Å². The Bertz CT molecular complexity index is 688. The SMILES string of the molecule is COc1cc(O)cc2c1C(=O)[C@H](Cc1ccc(O)cc1)CO2. The second-order valence-electron chi connectivity index (χ2n) is 5.26. The number of ether oxygens (including phenoxy) is 2. The summed E-state index contributed by atoms with van der Waals surface area (Å²) in [5.41, 5.74) is 1.32. The first-order chi connectivity index (χ1) is 10.6. The molecule has 0 fully saturated rings. The maximum absolute atomic E-state index is 12.7. The molecule has 0 bridgehead atoms. The van der Waals surface area contributed by atoms with Crippen molar-refractivity contribution >= 4 is 5.78 Å². The summed E-state index contributed by atoms with van der Waals surface area (Å²) in [6.45, 7) is 0.249. The van der Waals surface area contributed by atoms with Gasteiger partial charge >= 0.3 is 0 Å². The molecular formula is C17H16O5. The molecule has 0 radical (unpaired) electrons. The van der Waals surface area contributed by atoms with E-state index in [0.717, 1.165) is 5.56 Å². The molecule has 5 nitrogen and oxygen atoms in total. The van der Waals surface area contributed by atoms with E-state index < -0.39 is 0 Å². The van der Waals surface area contributed by atoms with Crippen molar-refractivity contribution in [1.29, 1.82) is 0 Å². The zero-order valence-corrected chi connectivity index (χ0v) is 12.1. The molecule has 0 amide bonds. The van der Waals surface area contributed by atoms with Crippen molar-refractivity contribution in [2.24, 2.45) is 5.92 Å². The van der Waals surface area contributed by atoms with Gasteiger partial charge in [-0.3, -0.25) is 4.79 Å². The van der Waals surface area contributed by atoms with Crippen LogP contribution in [0.5, 0.6) is 23.0 Å². The van der Waals surface area contributed by atoms with Crippen molar-refractivity contribution in [2.45, 2.75) is 6.42 Å². The molecule has 3 rings (SSSR count). The minimum Gasteiger partial charge on any atom is -0.508 e. The van der Waals surface area contributed by atoms with Gasteiger partial charge in [0.25, 0.3) is 0 Å². The summed E-state index contributed by atoms with van der Waals surface area (Å²) >= 11 is 0. The molecule has 0 spiro atoms. The summed E-state index contributed by atoms with van der Waals surface area (Å²) in [4.78, 5) is 12.7. The van der Waals surface area contributed by atoms with E-state index in [4.69, 9.17) is 9.47 Å². The highest BCUT2D eigenvalue weighted by atomic mass is 16.5. The minimum absolute atomic E-state index is 0.000356. The molecule has 5 heteroatoms. The lowest BCUT2D eigenvalue weighted by atomic mass is 9.89. The van der Waals surface area contributed by atoms with Crippen LogP contribution in [0.15, 0.2) is 36.4 Å². The average Bonchev–Trinajstić information content (AvgIpc) is 2.51. The summed E-state index contributed by atoms with van der Waals surface area (Å²) in [6.07, 6.45) is 0.516. The monoisotopic (exact) mass is 300 g/mol. The molecular weight excluding hydrogens is 284 g/mol. The molecule has 2 N–H and O–H groups in total. The Labute approximate surface area is 127 Å². The maximum atomic E-state index is 12.7. The van der Waals surface area contributed by atoms with Crippen molar-refractivity contribution in [3.63, 3.8) is 0 Å². The summed E-state index contributed by atoms with van der Waals surface area (Å²) in [5, 5.41) is 18.9. The highest BCUT2D eigenvalue weighted by molar-refractivity contribution is 6.04. The predicted octanol–water partition coefficient (Wildman–Crippen LogP) is 2.54. The lowest BCUT2D eigenvalue weighted by molar-refractivity contribution is 0.0825. The van der Waals surface area contributed by atoms with Gasteiger partial charge < -0.3 is 19.7 Å². The van der Waals surface area contributed by atoms with Crippen LogP contribution in [0.4, 0.5) is 0 Å². The smallest absolute Gasteiger partial charge is 0.177 e. The summed E-state index contributed by atoms with van der Waals surface area (Å²) in [5.74, 6) is 0.471. The van der Waals surface area contributed by atoms with Crippen molar-refractivity contribution in [3.05, 3.63) is 47.5 Å². The third-order valence-corrected chi connectivity index (χ3v) is 3.75. The van der Waals surface area contributed by atoms with Gasteiger partial charge in [0.2, 0.25) is 0 Å². The first-order valence-electron chi connectivity index (χ1n) is 6.94. The Morgan fingerprint density at radius 3 is 2.59 bits per heavy atom. The van der Waals surface area contributed by atoms with E-state index in [0.29, 0.717) is 23.5 Å². The molecule has 0 unspecified atom stereocenters. The van der Waals surface area contributed by atoms with Gasteiger partial charge in [0.1, 0.15) is 28.6 Å². The van der Waals surface area contributed by atoms with Gasteiger partial charge in [0.15, 0.2) is 5.78 Å². The first kappa shape index (κ1) is 14.3. The van der Waals surface area contributed by atoms with Gasteiger partial charge in [-0.15, -0.1) is 0 Å². The Kier molecular flexibility index (Phi) is 3.63. The van der Waals surface area contributed by atoms with Gasteiger partial charge in [0, 0.05) is 12.1 Å². The van der Waals surface area contributed by atoms with Gasteiger partial charge in [-0.2, -0.15) is 0 Å². The number of carbonyl (C=O) groups excluding carboxylic acids is 1. The zero-order chi connectivity index (χ0) is 15.7. The number of rotatable bonds is 3. The Morgan fingerprint density at radius 1 is 1.18 bits per heavy atom. The summed E-state index contributed by atoms with van der Waals surface area (Å²) < 4.78 is 10.8. The number of phenolic OH excluding ortho intramolecular Hbond substituents is 2. The minimum atomic E-state index is -0.324. The van der Waals surface area contributed by atoms with Crippen LogP contribution in [0, 0.1) is 5.92 Å². The van der Waals surface area contributed by atoms with E-state index in [9.17, 15) is 15.0 Å². The fourth-order valence-electron chi connectivity index (χ4n) is 2.63. The quantitative estimate of drug-likeness (QED) is 0.911. The van der Waals surface area contributed by atoms with Crippen LogP contribution in [0.1, 0.15) is 15.9 Å². The molecule has 114 valence electrons. The second-order valence-corrected chi connectivity index (χ2v) is 5.26. The molecule has 0 aromatic heterocycles. The number of ketones is 1. The van der Waals surface area contributed by atoms with Crippen molar-refractivity contribution < 1.29 is 24.5 Å². The Balaban J connectivity index is 1.89. The van der Waals surface area contributed by atoms with Gasteiger partial charge in [0.05, 0.1) is 19.6 Å². The average molecular weight is 300 g/mol. The first-order valence-corrected chi connectivity index (χ1v) is 6.94. The molecule has 1 aliphatic rings. The highest BCUT2D eigenvalue weighted by Gasteiger charge is 2.32. The number of fused-ring (bicyclic) bond motifs is 1. The number of methoxy groups -OCH3 is 1. The van der Waals surface area contributed by atoms with E-state index in [1.165, 1.54) is 19.2 Å². The molecule has 22 heavy (non-hydrogen) atoms. The topological polar surface area (TPSA) is 76.0 Å². The normalized spacial score (nSPS) is 16.8. The van der Waals surface area contributed by atoms with Crippen LogP contribution in [0.2, 0.25) is 0 Å². The molecule has 2 aromatic carbocycles. The molecule has 2 aromatic rings. The maximum Gasteiger partial charge on any atom is 0.177 e. The van der Waals surface area contributed by atoms with E-state index in [1.54, 1.807) is 24.3 Å². The number of phenols is 2. The van der Waals surface area contributed by atoms with Crippen LogP contribution in [-0.2, 0) is 6.42 Å². The lowest BCUT2D eigenvalue weighted by Crippen LogP contribution is -2.30. The van der Waals surface area contributed by atoms with Crippen molar-refractivity contribution in [2.75, 3.05) is 13.7 Å². The van der Waals surface area contributed by atoms with E-state index in [-0.39, 0.29) is 29.8 Å². The van der Waals surface area contributed by atoms with E-state index in [1.807, 2.05) is 0 Å². The fourth-order valence-corrected chi connectivity index (χ4v) is 2.63. The molecule has 0 saturated heterocycles. The molecule has 1 aliphatic heterocycles. The van der Waals surface area contributed by atoms with Crippen molar-refractivity contribution in [1.82, 2.24) is 0 Å². The molecule has 1 heterocycles. The van der Waals surface area contributed by atoms with Crippen LogP contribution in [0.3, 0.4) is 0 Å². The molecule has 1 atom stereocenters. The van der Waals surface area contributed by atoms with Crippen LogP contribution < -0.4 is 9.47 Å².